The summed E-state index contributed by atoms with van der Waals surface area (Å²) in [6.45, 7) is 6.73. The first-order chi connectivity index (χ1) is 24.7. The summed E-state index contributed by atoms with van der Waals surface area (Å²) in [4.78, 5) is 41.9. The van der Waals surface area contributed by atoms with Crippen molar-refractivity contribution in [3.05, 3.63) is 58.7 Å². The molecular formula is C32H33ClFN9O7S2. The standard InChI is InChI=1S/C18H17FN4O2S.C14H16ClN5O5S/c1-4-5-22-13-7-12(11(19)6-14(13)25-9-16(22)24)20-17-23-10-18(2,3)8-15(23)21-26-17;1-9-16-12(19-14(17-9)24-2)18-13(21)20-26(22,23)11-6-4-3-5-10(11)25-8-7-15/h1,6-7H,5,8-10H2,2-3H3;3-6H,7-8H2,1-2H3,(H2,16,17,18,19,20,21)/b20-17-;. The van der Waals surface area contributed by atoms with Crippen LogP contribution >= 0.6 is 23.1 Å². The van der Waals surface area contributed by atoms with Crippen LogP contribution in [-0.4, -0.2) is 77.0 Å². The van der Waals surface area contributed by atoms with E-state index in [9.17, 15) is 22.4 Å². The lowest BCUT2D eigenvalue weighted by atomic mass is 9.92. The Labute approximate surface area is 307 Å². The number of para-hydroxylation sites is 1. The average Bonchev–Trinajstić information content (AvgIpc) is 3.60. The molecule has 2 aromatic carbocycles. The normalized spacial score (nSPS) is 14.6. The van der Waals surface area contributed by atoms with Gasteiger partial charge in [-0.3, -0.25) is 15.0 Å². The Balaban J connectivity index is 0.000000201. The zero-order valence-electron chi connectivity index (χ0n) is 28.3. The molecule has 0 saturated heterocycles. The number of methoxy groups -OCH3 is 1. The molecule has 0 fully saturated rings. The Kier molecular flexibility index (Phi) is 11.6. The molecule has 274 valence electrons. The number of amides is 3. The van der Waals surface area contributed by atoms with Gasteiger partial charge in [0.2, 0.25) is 10.7 Å². The quantitative estimate of drug-likeness (QED) is 0.187. The highest BCUT2D eigenvalue weighted by Crippen LogP contribution is 2.37. The fourth-order valence-corrected chi connectivity index (χ4v) is 6.98. The fourth-order valence-electron chi connectivity index (χ4n) is 5.09. The van der Waals surface area contributed by atoms with Crippen molar-refractivity contribution in [1.29, 1.82) is 0 Å². The Morgan fingerprint density at radius 3 is 2.75 bits per heavy atom. The molecule has 4 heterocycles. The molecule has 2 aliphatic heterocycles. The van der Waals surface area contributed by atoms with Crippen LogP contribution < -0.4 is 34.0 Å². The molecule has 16 nitrogen and oxygen atoms in total. The van der Waals surface area contributed by atoms with E-state index in [1.807, 2.05) is 9.29 Å². The number of nitrogens with one attached hydrogen (secondary N) is 2. The number of urea groups is 1. The molecule has 4 aromatic rings. The van der Waals surface area contributed by atoms with Crippen molar-refractivity contribution < 1.29 is 36.6 Å². The van der Waals surface area contributed by atoms with Gasteiger partial charge in [0.25, 0.3) is 15.9 Å². The van der Waals surface area contributed by atoms with E-state index in [1.165, 1.54) is 53.9 Å². The van der Waals surface area contributed by atoms with Crippen LogP contribution in [0.3, 0.4) is 0 Å². The first-order valence-corrected chi connectivity index (χ1v) is 18.2. The molecule has 0 atom stereocenters. The van der Waals surface area contributed by atoms with Crippen molar-refractivity contribution in [1.82, 2.24) is 28.6 Å². The first-order valence-electron chi connectivity index (χ1n) is 15.4. The predicted molar refractivity (Wildman–Crippen MR) is 189 cm³/mol. The number of alkyl halides is 1. The summed E-state index contributed by atoms with van der Waals surface area (Å²) in [5.41, 5.74) is 0.678. The minimum atomic E-state index is -4.20. The van der Waals surface area contributed by atoms with Gasteiger partial charge in [-0.1, -0.05) is 31.9 Å². The molecule has 0 radical (unpaired) electrons. The number of aryl methyl sites for hydroxylation is 1. The zero-order valence-corrected chi connectivity index (χ0v) is 30.7. The number of rotatable bonds is 9. The summed E-state index contributed by atoms with van der Waals surface area (Å²) < 4.78 is 63.2. The van der Waals surface area contributed by atoms with Gasteiger partial charge < -0.3 is 18.8 Å². The van der Waals surface area contributed by atoms with Crippen LogP contribution in [0.15, 0.2) is 46.3 Å². The molecule has 0 bridgehead atoms. The van der Waals surface area contributed by atoms with E-state index < -0.39 is 21.9 Å². The zero-order chi connectivity index (χ0) is 37.6. The highest BCUT2D eigenvalue weighted by atomic mass is 35.5. The average molecular weight is 774 g/mol. The SMILES string of the molecule is C#CCN1C(=O)COc2cc(F)c(/N=c3\snc4n3CC(C)(C)C4)cc21.COc1nc(C)nc(NC(=O)NS(=O)(=O)c2ccccc2OCCCl)n1. The monoisotopic (exact) mass is 773 g/mol. The van der Waals surface area contributed by atoms with E-state index in [0.717, 1.165) is 18.8 Å². The summed E-state index contributed by atoms with van der Waals surface area (Å²) in [7, 11) is -2.85. The van der Waals surface area contributed by atoms with Gasteiger partial charge >= 0.3 is 12.0 Å². The Bertz CT molecular complexity index is 2220. The lowest BCUT2D eigenvalue weighted by Gasteiger charge is -2.28. The third kappa shape index (κ3) is 8.93. The maximum atomic E-state index is 14.5. The van der Waals surface area contributed by atoms with E-state index >= 15 is 0 Å². The molecule has 0 spiro atoms. The largest absolute Gasteiger partial charge is 0.491 e. The summed E-state index contributed by atoms with van der Waals surface area (Å²) >= 11 is 6.79. The van der Waals surface area contributed by atoms with E-state index in [0.29, 0.717) is 16.2 Å². The summed E-state index contributed by atoms with van der Waals surface area (Å²) in [6.07, 6.45) is 6.22. The van der Waals surface area contributed by atoms with Crippen molar-refractivity contribution in [3.63, 3.8) is 0 Å². The van der Waals surface area contributed by atoms with E-state index in [1.54, 1.807) is 13.0 Å². The molecule has 2 aromatic heterocycles. The van der Waals surface area contributed by atoms with Crippen LogP contribution in [0.1, 0.15) is 25.5 Å². The number of anilines is 2. The molecule has 52 heavy (non-hydrogen) atoms. The smallest absolute Gasteiger partial charge is 0.335 e. The molecule has 6 rings (SSSR count). The van der Waals surface area contributed by atoms with Crippen molar-refractivity contribution in [3.8, 4) is 29.9 Å². The van der Waals surface area contributed by atoms with Crippen LogP contribution in [0.5, 0.6) is 17.5 Å². The Hall–Kier alpha value is -5.32. The number of halogens is 2. The van der Waals surface area contributed by atoms with Crippen molar-refractivity contribution in [2.45, 2.75) is 38.6 Å². The van der Waals surface area contributed by atoms with Crippen LogP contribution in [0.2, 0.25) is 0 Å². The molecule has 2 aliphatic rings. The second kappa shape index (κ2) is 15.9. The fraction of sp³-hybridized carbons (Fsp3) is 0.344. The number of benzene rings is 2. The predicted octanol–water partition coefficient (Wildman–Crippen LogP) is 3.57. The lowest BCUT2D eigenvalue weighted by Crippen LogP contribution is -2.39. The highest BCUT2D eigenvalue weighted by molar-refractivity contribution is 7.90. The van der Waals surface area contributed by atoms with Crippen molar-refractivity contribution >= 4 is 62.4 Å². The molecule has 20 heteroatoms. The summed E-state index contributed by atoms with van der Waals surface area (Å²) in [5, 5.41) is 2.21. The number of aromatic nitrogens is 5. The first kappa shape index (κ1) is 37.9. The van der Waals surface area contributed by atoms with E-state index in [2.05, 4.69) is 49.4 Å². The molecule has 2 N–H and O–H groups in total. The Morgan fingerprint density at radius 2 is 2.02 bits per heavy atom. The van der Waals surface area contributed by atoms with Gasteiger partial charge in [-0.05, 0) is 30.5 Å². The van der Waals surface area contributed by atoms with Crippen LogP contribution in [0, 0.1) is 30.5 Å². The number of ether oxygens (including phenoxy) is 3. The van der Waals surface area contributed by atoms with Crippen molar-refractivity contribution in [2.75, 3.05) is 43.0 Å². The van der Waals surface area contributed by atoms with Gasteiger partial charge in [0.05, 0.1) is 25.2 Å². The number of hydrogen-bond acceptors (Lipinski definition) is 13. The lowest BCUT2D eigenvalue weighted by molar-refractivity contribution is -0.121. The number of carbonyl (C=O) groups is 2. The van der Waals surface area contributed by atoms with Crippen molar-refractivity contribution in [2.24, 2.45) is 10.4 Å². The second-order valence-corrected chi connectivity index (χ2v) is 14.7. The van der Waals surface area contributed by atoms with Crippen LogP contribution in [-0.2, 0) is 27.8 Å². The molecule has 0 aliphatic carbocycles. The molecule has 3 amide bonds. The van der Waals surface area contributed by atoms with E-state index in [-0.39, 0.29) is 71.1 Å². The van der Waals surface area contributed by atoms with Crippen LogP contribution in [0.25, 0.3) is 0 Å². The van der Waals surface area contributed by atoms with Gasteiger partial charge in [-0.2, -0.15) is 19.3 Å². The third-order valence-corrected chi connectivity index (χ3v) is 9.57. The maximum absolute atomic E-state index is 14.5. The molecule has 0 saturated carbocycles. The summed E-state index contributed by atoms with van der Waals surface area (Å²) in [6, 6.07) is 7.54. The number of sulfonamides is 1. The van der Waals surface area contributed by atoms with E-state index in [4.69, 9.17) is 32.2 Å². The molecular weight excluding hydrogens is 741 g/mol. The van der Waals surface area contributed by atoms with Gasteiger partial charge in [-0.15, -0.1) is 18.0 Å². The number of carbonyl (C=O) groups excluding carboxylic acids is 2. The second-order valence-electron chi connectivity index (χ2n) is 11.9. The Morgan fingerprint density at radius 1 is 1.25 bits per heavy atom. The maximum Gasteiger partial charge on any atom is 0.335 e. The number of terminal acetylenes is 1. The van der Waals surface area contributed by atoms with Gasteiger partial charge in [0.15, 0.2) is 12.4 Å². The minimum Gasteiger partial charge on any atom is -0.491 e. The van der Waals surface area contributed by atoms with Gasteiger partial charge in [0.1, 0.15) is 40.3 Å². The summed E-state index contributed by atoms with van der Waals surface area (Å²) in [5.74, 6) is 3.31. The van der Waals surface area contributed by atoms with Gasteiger partial charge in [-0.25, -0.2) is 27.3 Å². The molecule has 0 unspecified atom stereocenters. The number of nitrogens with zero attached hydrogens (tertiary/aromatic N) is 7. The number of fused-ring (bicyclic) bond motifs is 2. The highest BCUT2D eigenvalue weighted by Gasteiger charge is 2.31. The number of hydrogen-bond donors (Lipinski definition) is 2. The minimum absolute atomic E-state index is 0.0181. The third-order valence-electron chi connectivity index (χ3n) is 7.27. The van der Waals surface area contributed by atoms with Crippen LogP contribution in [0.4, 0.5) is 26.5 Å². The topological polar surface area (TPSA) is 192 Å². The van der Waals surface area contributed by atoms with Gasteiger partial charge in [0, 0.05) is 30.6 Å².